The number of ether oxygens (including phenoxy) is 1. The van der Waals surface area contributed by atoms with Crippen molar-refractivity contribution < 1.29 is 13.9 Å². The highest BCUT2D eigenvalue weighted by molar-refractivity contribution is 5.92. The third-order valence-corrected chi connectivity index (χ3v) is 1.97. The summed E-state index contributed by atoms with van der Waals surface area (Å²) in [6.45, 7) is 2.87. The topological polar surface area (TPSA) is 50.4 Å². The standard InChI is InChI=1S/C11H15FN2O2/c1-3-13-7-11(15)14-8-4-5-9(12)10(6-8)16-2/h4-6,13H,3,7H2,1-2H3,(H,14,15). The zero-order valence-electron chi connectivity index (χ0n) is 9.34. The Balaban J connectivity index is 2.63. The van der Waals surface area contributed by atoms with Crippen LogP contribution in [-0.4, -0.2) is 26.1 Å². The minimum atomic E-state index is -0.452. The average molecular weight is 226 g/mol. The van der Waals surface area contributed by atoms with Crippen molar-refractivity contribution in [3.8, 4) is 5.75 Å². The molecular formula is C11H15FN2O2. The molecule has 0 saturated heterocycles. The van der Waals surface area contributed by atoms with E-state index in [1.165, 1.54) is 25.3 Å². The minimum absolute atomic E-state index is 0.112. The number of methoxy groups -OCH3 is 1. The smallest absolute Gasteiger partial charge is 0.238 e. The van der Waals surface area contributed by atoms with Crippen LogP contribution in [0.4, 0.5) is 10.1 Å². The first-order chi connectivity index (χ1) is 7.67. The van der Waals surface area contributed by atoms with Gasteiger partial charge in [-0.25, -0.2) is 4.39 Å². The van der Waals surface area contributed by atoms with Crippen LogP contribution in [0.1, 0.15) is 6.92 Å². The lowest BCUT2D eigenvalue weighted by molar-refractivity contribution is -0.115. The Labute approximate surface area is 93.8 Å². The Bertz CT molecular complexity index is 369. The van der Waals surface area contributed by atoms with E-state index in [0.717, 1.165) is 6.54 Å². The van der Waals surface area contributed by atoms with Crippen LogP contribution in [0.2, 0.25) is 0 Å². The fourth-order valence-electron chi connectivity index (χ4n) is 1.18. The minimum Gasteiger partial charge on any atom is -0.494 e. The van der Waals surface area contributed by atoms with E-state index < -0.39 is 5.82 Å². The van der Waals surface area contributed by atoms with Gasteiger partial charge in [0.15, 0.2) is 11.6 Å². The first-order valence-corrected chi connectivity index (χ1v) is 5.01. The van der Waals surface area contributed by atoms with Crippen molar-refractivity contribution in [3.05, 3.63) is 24.0 Å². The maximum Gasteiger partial charge on any atom is 0.238 e. The van der Waals surface area contributed by atoms with Crippen molar-refractivity contribution in [2.24, 2.45) is 0 Å². The number of amides is 1. The van der Waals surface area contributed by atoms with E-state index in [2.05, 4.69) is 10.6 Å². The molecule has 5 heteroatoms. The molecule has 0 aliphatic heterocycles. The predicted octanol–water partition coefficient (Wildman–Crippen LogP) is 1.38. The number of hydrogen-bond acceptors (Lipinski definition) is 3. The van der Waals surface area contributed by atoms with Gasteiger partial charge in [0.05, 0.1) is 13.7 Å². The summed E-state index contributed by atoms with van der Waals surface area (Å²) in [6.07, 6.45) is 0. The fraction of sp³-hybridized carbons (Fsp3) is 0.364. The molecule has 0 fully saturated rings. The highest BCUT2D eigenvalue weighted by Gasteiger charge is 2.05. The lowest BCUT2D eigenvalue weighted by atomic mass is 10.3. The Kier molecular flexibility index (Phi) is 4.72. The van der Waals surface area contributed by atoms with Crippen LogP contribution in [0.5, 0.6) is 5.75 Å². The number of hydrogen-bond donors (Lipinski definition) is 2. The summed E-state index contributed by atoms with van der Waals surface area (Å²) in [5.41, 5.74) is 0.515. The fourth-order valence-corrected chi connectivity index (χ4v) is 1.18. The molecule has 0 bridgehead atoms. The molecule has 0 atom stereocenters. The molecule has 1 aromatic rings. The summed E-state index contributed by atoms with van der Waals surface area (Å²) in [5, 5.41) is 5.52. The molecule has 0 spiro atoms. The van der Waals surface area contributed by atoms with E-state index in [1.807, 2.05) is 6.92 Å². The van der Waals surface area contributed by atoms with Crippen molar-refractivity contribution >= 4 is 11.6 Å². The van der Waals surface area contributed by atoms with Crippen molar-refractivity contribution in [2.75, 3.05) is 25.5 Å². The summed E-state index contributed by atoms with van der Waals surface area (Å²) in [6, 6.07) is 4.18. The van der Waals surface area contributed by atoms with Gasteiger partial charge in [0.2, 0.25) is 5.91 Å². The lowest BCUT2D eigenvalue weighted by Crippen LogP contribution is -2.27. The monoisotopic (exact) mass is 226 g/mol. The molecule has 0 unspecified atom stereocenters. The van der Waals surface area contributed by atoms with Crippen LogP contribution >= 0.6 is 0 Å². The Morgan fingerprint density at radius 1 is 1.50 bits per heavy atom. The number of benzene rings is 1. The molecule has 0 aromatic heterocycles. The maximum absolute atomic E-state index is 13.1. The quantitative estimate of drug-likeness (QED) is 0.797. The zero-order chi connectivity index (χ0) is 12.0. The van der Waals surface area contributed by atoms with Crippen LogP contribution in [0.3, 0.4) is 0 Å². The molecule has 2 N–H and O–H groups in total. The first kappa shape index (κ1) is 12.4. The first-order valence-electron chi connectivity index (χ1n) is 5.01. The molecular weight excluding hydrogens is 211 g/mol. The molecule has 16 heavy (non-hydrogen) atoms. The summed E-state index contributed by atoms with van der Waals surface area (Å²) >= 11 is 0. The molecule has 0 radical (unpaired) electrons. The zero-order valence-corrected chi connectivity index (χ0v) is 9.34. The third-order valence-electron chi connectivity index (χ3n) is 1.97. The summed E-state index contributed by atoms with van der Waals surface area (Å²) in [4.78, 5) is 11.3. The van der Waals surface area contributed by atoms with E-state index in [1.54, 1.807) is 0 Å². The highest BCUT2D eigenvalue weighted by Crippen LogP contribution is 2.21. The van der Waals surface area contributed by atoms with Crippen molar-refractivity contribution in [3.63, 3.8) is 0 Å². The molecule has 0 aliphatic carbocycles. The van der Waals surface area contributed by atoms with Gasteiger partial charge in [-0.2, -0.15) is 0 Å². The van der Waals surface area contributed by atoms with Gasteiger partial charge in [-0.3, -0.25) is 4.79 Å². The number of carbonyl (C=O) groups is 1. The van der Waals surface area contributed by atoms with E-state index in [-0.39, 0.29) is 18.2 Å². The Morgan fingerprint density at radius 2 is 2.25 bits per heavy atom. The molecule has 1 rings (SSSR count). The van der Waals surface area contributed by atoms with Gasteiger partial charge < -0.3 is 15.4 Å². The summed E-state index contributed by atoms with van der Waals surface area (Å²) < 4.78 is 17.9. The number of nitrogens with one attached hydrogen (secondary N) is 2. The van der Waals surface area contributed by atoms with Gasteiger partial charge in [0.1, 0.15) is 0 Å². The highest BCUT2D eigenvalue weighted by atomic mass is 19.1. The van der Waals surface area contributed by atoms with Crippen LogP contribution < -0.4 is 15.4 Å². The molecule has 1 amide bonds. The normalized spacial score (nSPS) is 9.94. The van der Waals surface area contributed by atoms with Crippen molar-refractivity contribution in [1.29, 1.82) is 0 Å². The lowest BCUT2D eigenvalue weighted by Gasteiger charge is -2.07. The van der Waals surface area contributed by atoms with Crippen LogP contribution in [0.15, 0.2) is 18.2 Å². The predicted molar refractivity (Wildman–Crippen MR) is 60.1 cm³/mol. The van der Waals surface area contributed by atoms with Crippen molar-refractivity contribution in [2.45, 2.75) is 6.92 Å². The number of rotatable bonds is 5. The van der Waals surface area contributed by atoms with E-state index in [0.29, 0.717) is 5.69 Å². The number of carbonyl (C=O) groups excluding carboxylic acids is 1. The summed E-state index contributed by atoms with van der Waals surface area (Å²) in [7, 11) is 1.38. The van der Waals surface area contributed by atoms with E-state index in [9.17, 15) is 9.18 Å². The van der Waals surface area contributed by atoms with Gasteiger partial charge in [-0.15, -0.1) is 0 Å². The van der Waals surface area contributed by atoms with Gasteiger partial charge in [-0.1, -0.05) is 6.92 Å². The number of anilines is 1. The second kappa shape index (κ2) is 6.07. The molecule has 0 heterocycles. The second-order valence-corrected chi connectivity index (χ2v) is 3.18. The second-order valence-electron chi connectivity index (χ2n) is 3.18. The molecule has 1 aromatic carbocycles. The molecule has 88 valence electrons. The Hall–Kier alpha value is -1.62. The van der Waals surface area contributed by atoms with Crippen LogP contribution in [-0.2, 0) is 4.79 Å². The van der Waals surface area contributed by atoms with Gasteiger partial charge in [0.25, 0.3) is 0 Å². The van der Waals surface area contributed by atoms with Gasteiger partial charge in [-0.05, 0) is 18.7 Å². The van der Waals surface area contributed by atoms with E-state index in [4.69, 9.17) is 4.74 Å². The average Bonchev–Trinajstić information content (AvgIpc) is 2.29. The third kappa shape index (κ3) is 3.51. The summed E-state index contributed by atoms with van der Waals surface area (Å²) in [5.74, 6) is -0.510. The van der Waals surface area contributed by atoms with Gasteiger partial charge >= 0.3 is 0 Å². The van der Waals surface area contributed by atoms with E-state index >= 15 is 0 Å². The number of halogens is 1. The van der Waals surface area contributed by atoms with Gasteiger partial charge in [0, 0.05) is 11.8 Å². The molecule has 0 aliphatic rings. The maximum atomic E-state index is 13.1. The van der Waals surface area contributed by atoms with Crippen LogP contribution in [0.25, 0.3) is 0 Å². The largest absolute Gasteiger partial charge is 0.494 e. The SMILES string of the molecule is CCNCC(=O)Nc1ccc(F)c(OC)c1. The molecule has 0 saturated carbocycles. The molecule has 4 nitrogen and oxygen atoms in total. The Morgan fingerprint density at radius 3 is 2.88 bits per heavy atom. The number of likely N-dealkylation sites (N-methyl/N-ethyl adjacent to an activating group) is 1. The van der Waals surface area contributed by atoms with Crippen molar-refractivity contribution in [1.82, 2.24) is 5.32 Å². The van der Waals surface area contributed by atoms with Crippen LogP contribution in [0, 0.1) is 5.82 Å².